The van der Waals surface area contributed by atoms with Gasteiger partial charge in [0.25, 0.3) is 5.91 Å². The summed E-state index contributed by atoms with van der Waals surface area (Å²) >= 11 is 0. The van der Waals surface area contributed by atoms with Crippen LogP contribution in [0.15, 0.2) is 18.3 Å². The van der Waals surface area contributed by atoms with Crippen molar-refractivity contribution in [2.45, 2.75) is 33.0 Å². The van der Waals surface area contributed by atoms with Gasteiger partial charge in [-0.05, 0) is 32.9 Å². The van der Waals surface area contributed by atoms with Gasteiger partial charge in [0.1, 0.15) is 5.56 Å². The highest BCUT2D eigenvalue weighted by molar-refractivity contribution is 5.96. The van der Waals surface area contributed by atoms with E-state index in [1.54, 1.807) is 23.2 Å². The molecule has 0 spiro atoms. The summed E-state index contributed by atoms with van der Waals surface area (Å²) in [5.74, 6) is 0.361. The van der Waals surface area contributed by atoms with Crippen molar-refractivity contribution in [2.75, 3.05) is 19.7 Å². The lowest BCUT2D eigenvalue weighted by molar-refractivity contribution is -0.0587. The molecule has 2 rings (SSSR count). The number of nitrogens with zero attached hydrogens (tertiary/aromatic N) is 2. The van der Waals surface area contributed by atoms with Crippen LogP contribution < -0.4 is 4.74 Å². The van der Waals surface area contributed by atoms with Gasteiger partial charge >= 0.3 is 0 Å². The van der Waals surface area contributed by atoms with E-state index in [9.17, 15) is 4.79 Å². The Kier molecular flexibility index (Phi) is 4.37. The third kappa shape index (κ3) is 3.23. The number of amides is 1. The van der Waals surface area contributed by atoms with Gasteiger partial charge in [0.2, 0.25) is 5.88 Å². The lowest BCUT2D eigenvalue weighted by atomic mass is 10.2. The second-order valence-electron chi connectivity index (χ2n) is 4.76. The molecule has 1 aliphatic heterocycles. The van der Waals surface area contributed by atoms with Gasteiger partial charge in [0.15, 0.2) is 0 Å². The molecule has 0 aliphatic carbocycles. The van der Waals surface area contributed by atoms with Crippen LogP contribution in [0.4, 0.5) is 0 Å². The number of hydrogen-bond donors (Lipinski definition) is 0. The van der Waals surface area contributed by atoms with Gasteiger partial charge in [-0.1, -0.05) is 0 Å². The zero-order valence-corrected chi connectivity index (χ0v) is 11.6. The summed E-state index contributed by atoms with van der Waals surface area (Å²) in [6.07, 6.45) is 1.74. The number of rotatable bonds is 3. The third-order valence-corrected chi connectivity index (χ3v) is 2.99. The van der Waals surface area contributed by atoms with Crippen molar-refractivity contribution in [3.05, 3.63) is 23.9 Å². The molecule has 1 fully saturated rings. The molecule has 104 valence electrons. The number of hydrogen-bond acceptors (Lipinski definition) is 4. The van der Waals surface area contributed by atoms with E-state index in [1.165, 1.54) is 0 Å². The highest BCUT2D eigenvalue weighted by Gasteiger charge is 2.28. The van der Waals surface area contributed by atoms with E-state index in [4.69, 9.17) is 9.47 Å². The van der Waals surface area contributed by atoms with Crippen LogP contribution in [0, 0.1) is 0 Å². The molecule has 0 N–H and O–H groups in total. The quantitative estimate of drug-likeness (QED) is 0.834. The third-order valence-electron chi connectivity index (χ3n) is 2.99. The summed E-state index contributed by atoms with van der Waals surface area (Å²) in [6, 6.07) is 3.51. The van der Waals surface area contributed by atoms with Crippen molar-refractivity contribution in [1.82, 2.24) is 9.88 Å². The van der Waals surface area contributed by atoms with E-state index >= 15 is 0 Å². The lowest BCUT2D eigenvalue weighted by Gasteiger charge is -2.35. The fourth-order valence-corrected chi connectivity index (χ4v) is 2.32. The predicted molar refractivity (Wildman–Crippen MR) is 71.3 cm³/mol. The maximum atomic E-state index is 12.5. The van der Waals surface area contributed by atoms with E-state index in [2.05, 4.69) is 4.98 Å². The predicted octanol–water partition coefficient (Wildman–Crippen LogP) is 1.73. The monoisotopic (exact) mass is 264 g/mol. The molecule has 2 atom stereocenters. The molecule has 0 radical (unpaired) electrons. The summed E-state index contributed by atoms with van der Waals surface area (Å²) in [5, 5.41) is 0. The second kappa shape index (κ2) is 6.02. The number of ether oxygens (including phenoxy) is 2. The maximum Gasteiger partial charge on any atom is 0.259 e. The summed E-state index contributed by atoms with van der Waals surface area (Å²) < 4.78 is 11.1. The molecule has 0 unspecified atom stereocenters. The lowest BCUT2D eigenvalue weighted by Crippen LogP contribution is -2.48. The van der Waals surface area contributed by atoms with E-state index in [0.717, 1.165) is 0 Å². The summed E-state index contributed by atoms with van der Waals surface area (Å²) in [4.78, 5) is 18.5. The normalized spacial score (nSPS) is 23.2. The van der Waals surface area contributed by atoms with Crippen LogP contribution in [0.3, 0.4) is 0 Å². The highest BCUT2D eigenvalue weighted by atomic mass is 16.5. The average molecular weight is 264 g/mol. The number of carbonyl (C=O) groups excluding carboxylic acids is 1. The standard InChI is InChI=1S/C14H20N2O3/c1-4-18-13-12(6-5-7-15-13)14(17)16-8-10(2)19-11(3)9-16/h5-7,10-11H,4,8-9H2,1-3H3/t10-,11+. The van der Waals surface area contributed by atoms with Crippen molar-refractivity contribution in [3.8, 4) is 5.88 Å². The summed E-state index contributed by atoms with van der Waals surface area (Å²) in [7, 11) is 0. The first kappa shape index (κ1) is 13.8. The Hall–Kier alpha value is -1.62. The topological polar surface area (TPSA) is 51.7 Å². The highest BCUT2D eigenvalue weighted by Crippen LogP contribution is 2.19. The van der Waals surface area contributed by atoms with Gasteiger partial charge in [-0.3, -0.25) is 4.79 Å². The Labute approximate surface area is 113 Å². The molecule has 1 saturated heterocycles. The molecule has 19 heavy (non-hydrogen) atoms. The van der Waals surface area contributed by atoms with Gasteiger partial charge in [-0.2, -0.15) is 0 Å². The smallest absolute Gasteiger partial charge is 0.259 e. The van der Waals surface area contributed by atoms with Gasteiger partial charge in [0, 0.05) is 19.3 Å². The van der Waals surface area contributed by atoms with Crippen molar-refractivity contribution >= 4 is 5.91 Å². The van der Waals surface area contributed by atoms with Crippen LogP contribution in [-0.2, 0) is 4.74 Å². The van der Waals surface area contributed by atoms with Crippen LogP contribution >= 0.6 is 0 Å². The van der Waals surface area contributed by atoms with Crippen LogP contribution in [0.25, 0.3) is 0 Å². The van der Waals surface area contributed by atoms with Crippen LogP contribution in [-0.4, -0.2) is 47.7 Å². The molecule has 0 aromatic carbocycles. The first-order valence-electron chi connectivity index (χ1n) is 6.64. The molecule has 5 nitrogen and oxygen atoms in total. The van der Waals surface area contributed by atoms with E-state index in [0.29, 0.717) is 31.1 Å². The fraction of sp³-hybridized carbons (Fsp3) is 0.571. The Morgan fingerprint density at radius 1 is 1.47 bits per heavy atom. The number of morpholine rings is 1. The minimum Gasteiger partial charge on any atom is -0.477 e. The maximum absolute atomic E-state index is 12.5. The second-order valence-corrected chi connectivity index (χ2v) is 4.76. The Balaban J connectivity index is 2.19. The SMILES string of the molecule is CCOc1ncccc1C(=O)N1C[C@@H](C)O[C@@H](C)C1. The number of carbonyl (C=O) groups is 1. The summed E-state index contributed by atoms with van der Waals surface area (Å²) in [6.45, 7) is 7.52. The zero-order chi connectivity index (χ0) is 13.8. The molecule has 2 heterocycles. The van der Waals surface area contributed by atoms with Crippen LogP contribution in [0.2, 0.25) is 0 Å². The minimum absolute atomic E-state index is 0.0430. The van der Waals surface area contributed by atoms with Gasteiger partial charge < -0.3 is 14.4 Å². The summed E-state index contributed by atoms with van der Waals surface area (Å²) in [5.41, 5.74) is 0.519. The number of aromatic nitrogens is 1. The van der Waals surface area contributed by atoms with Crippen molar-refractivity contribution in [1.29, 1.82) is 0 Å². The Bertz CT molecular complexity index is 440. The zero-order valence-electron chi connectivity index (χ0n) is 11.6. The van der Waals surface area contributed by atoms with Gasteiger partial charge in [0.05, 0.1) is 18.8 Å². The van der Waals surface area contributed by atoms with Crippen LogP contribution in [0.1, 0.15) is 31.1 Å². The number of pyridine rings is 1. The molecule has 5 heteroatoms. The molecule has 0 bridgehead atoms. The first-order chi connectivity index (χ1) is 9.11. The molecule has 1 aromatic rings. The minimum atomic E-state index is -0.0430. The molecular formula is C14H20N2O3. The Morgan fingerprint density at radius 2 is 2.16 bits per heavy atom. The van der Waals surface area contributed by atoms with Crippen molar-refractivity contribution < 1.29 is 14.3 Å². The van der Waals surface area contributed by atoms with Crippen LogP contribution in [0.5, 0.6) is 5.88 Å². The van der Waals surface area contributed by atoms with Gasteiger partial charge in [-0.25, -0.2) is 4.98 Å². The van der Waals surface area contributed by atoms with E-state index < -0.39 is 0 Å². The molecule has 0 saturated carbocycles. The molecular weight excluding hydrogens is 244 g/mol. The largest absolute Gasteiger partial charge is 0.477 e. The average Bonchev–Trinajstić information content (AvgIpc) is 2.38. The Morgan fingerprint density at radius 3 is 2.79 bits per heavy atom. The van der Waals surface area contributed by atoms with E-state index in [1.807, 2.05) is 20.8 Å². The van der Waals surface area contributed by atoms with Gasteiger partial charge in [-0.15, -0.1) is 0 Å². The van der Waals surface area contributed by atoms with Crippen molar-refractivity contribution in [3.63, 3.8) is 0 Å². The molecule has 1 aliphatic rings. The fourth-order valence-electron chi connectivity index (χ4n) is 2.32. The van der Waals surface area contributed by atoms with E-state index in [-0.39, 0.29) is 18.1 Å². The first-order valence-corrected chi connectivity index (χ1v) is 6.64. The molecule has 1 amide bonds. The molecule has 1 aromatic heterocycles. The van der Waals surface area contributed by atoms with Crippen molar-refractivity contribution in [2.24, 2.45) is 0 Å².